The molecule has 1 aromatic rings. The van der Waals surface area contributed by atoms with Crippen LogP contribution in [-0.4, -0.2) is 33.5 Å². The number of carboxylic acids is 1. The van der Waals surface area contributed by atoms with E-state index in [-0.39, 0.29) is 4.90 Å². The van der Waals surface area contributed by atoms with Gasteiger partial charge in [0.1, 0.15) is 0 Å². The standard InChI is InChI=1S/C9H7NO6/c11-7(12)5-3-1-2-4-6(5)10(8(13)14)9(15)16/h1-4H,(H,11,12)(H,13,14)(H,15,16). The van der Waals surface area contributed by atoms with Gasteiger partial charge in [0.05, 0.1) is 11.3 Å². The molecule has 0 fully saturated rings. The van der Waals surface area contributed by atoms with Crippen LogP contribution < -0.4 is 4.90 Å². The van der Waals surface area contributed by atoms with Gasteiger partial charge in [-0.3, -0.25) is 0 Å². The van der Waals surface area contributed by atoms with Gasteiger partial charge in [0, 0.05) is 0 Å². The number of para-hydroxylation sites is 1. The summed E-state index contributed by atoms with van der Waals surface area (Å²) < 4.78 is 0. The van der Waals surface area contributed by atoms with E-state index in [2.05, 4.69) is 0 Å². The zero-order valence-electron chi connectivity index (χ0n) is 7.82. The number of nitrogens with zero attached hydrogens (tertiary/aromatic N) is 1. The molecule has 0 aliphatic rings. The van der Waals surface area contributed by atoms with Crippen molar-refractivity contribution in [1.29, 1.82) is 0 Å². The van der Waals surface area contributed by atoms with Crippen molar-refractivity contribution in [3.05, 3.63) is 29.8 Å². The van der Waals surface area contributed by atoms with E-state index in [9.17, 15) is 14.4 Å². The van der Waals surface area contributed by atoms with E-state index >= 15 is 0 Å². The fourth-order valence-corrected chi connectivity index (χ4v) is 1.14. The molecule has 0 unspecified atom stereocenters. The van der Waals surface area contributed by atoms with E-state index in [0.29, 0.717) is 0 Å². The average molecular weight is 225 g/mol. The van der Waals surface area contributed by atoms with Crippen LogP contribution in [0.5, 0.6) is 0 Å². The summed E-state index contributed by atoms with van der Waals surface area (Å²) in [5.74, 6) is -1.40. The van der Waals surface area contributed by atoms with E-state index in [4.69, 9.17) is 15.3 Å². The van der Waals surface area contributed by atoms with Crippen molar-refractivity contribution in [2.75, 3.05) is 4.90 Å². The smallest absolute Gasteiger partial charge is 0.421 e. The molecular formula is C9H7NO6. The van der Waals surface area contributed by atoms with Gasteiger partial charge in [-0.1, -0.05) is 12.1 Å². The molecule has 7 nitrogen and oxygen atoms in total. The number of hydrogen-bond donors (Lipinski definition) is 3. The molecule has 1 rings (SSSR count). The van der Waals surface area contributed by atoms with E-state index in [1.165, 1.54) is 12.1 Å². The summed E-state index contributed by atoms with van der Waals surface area (Å²) in [6.07, 6.45) is -3.53. The molecule has 0 aromatic heterocycles. The van der Waals surface area contributed by atoms with Crippen LogP contribution >= 0.6 is 0 Å². The highest BCUT2D eigenvalue weighted by Crippen LogP contribution is 2.20. The van der Waals surface area contributed by atoms with Crippen molar-refractivity contribution in [3.8, 4) is 0 Å². The molecule has 0 radical (unpaired) electrons. The fraction of sp³-hybridized carbons (Fsp3) is 0. The topological polar surface area (TPSA) is 115 Å². The third-order valence-electron chi connectivity index (χ3n) is 1.76. The average Bonchev–Trinajstić information content (AvgIpc) is 2.17. The number of benzene rings is 1. The molecule has 0 aliphatic carbocycles. The molecule has 0 saturated heterocycles. The van der Waals surface area contributed by atoms with Crippen LogP contribution in [0.2, 0.25) is 0 Å². The summed E-state index contributed by atoms with van der Waals surface area (Å²) in [4.78, 5) is 32.0. The van der Waals surface area contributed by atoms with Crippen molar-refractivity contribution >= 4 is 23.8 Å². The van der Waals surface area contributed by atoms with Crippen LogP contribution in [0.4, 0.5) is 15.3 Å². The second-order valence-corrected chi connectivity index (χ2v) is 2.72. The maximum Gasteiger partial charge on any atom is 0.421 e. The molecule has 0 atom stereocenters. The van der Waals surface area contributed by atoms with Gasteiger partial charge in [0.25, 0.3) is 0 Å². The molecule has 7 heteroatoms. The Morgan fingerprint density at radius 1 is 0.938 bits per heavy atom. The number of hydrogen-bond acceptors (Lipinski definition) is 3. The Labute approximate surface area is 89.2 Å². The lowest BCUT2D eigenvalue weighted by Crippen LogP contribution is -2.35. The first-order valence-electron chi connectivity index (χ1n) is 4.03. The third kappa shape index (κ3) is 2.08. The molecule has 0 spiro atoms. The molecule has 0 bridgehead atoms. The Bertz CT molecular complexity index is 441. The minimum absolute atomic E-state index is 0.0521. The number of imide groups is 1. The number of carboxylic acid groups (broad SMARTS) is 3. The molecule has 84 valence electrons. The Kier molecular flexibility index (Phi) is 3.09. The van der Waals surface area contributed by atoms with E-state index < -0.39 is 29.4 Å². The van der Waals surface area contributed by atoms with Crippen molar-refractivity contribution in [2.24, 2.45) is 0 Å². The number of anilines is 1. The van der Waals surface area contributed by atoms with E-state index in [1.807, 2.05) is 0 Å². The minimum atomic E-state index is -1.76. The predicted octanol–water partition coefficient (Wildman–Crippen LogP) is 1.55. The quantitative estimate of drug-likeness (QED) is 0.703. The molecule has 0 aliphatic heterocycles. The van der Waals surface area contributed by atoms with E-state index in [1.54, 1.807) is 0 Å². The summed E-state index contributed by atoms with van der Waals surface area (Å²) in [6.45, 7) is 0. The van der Waals surface area contributed by atoms with Gasteiger partial charge in [-0.15, -0.1) is 0 Å². The Balaban J connectivity index is 3.35. The molecule has 1 aromatic carbocycles. The number of rotatable bonds is 2. The van der Waals surface area contributed by atoms with Crippen molar-refractivity contribution in [2.45, 2.75) is 0 Å². The first kappa shape index (κ1) is 11.5. The zero-order chi connectivity index (χ0) is 12.3. The highest BCUT2D eigenvalue weighted by molar-refractivity contribution is 6.11. The van der Waals surface area contributed by atoms with Crippen molar-refractivity contribution in [1.82, 2.24) is 0 Å². The van der Waals surface area contributed by atoms with Gasteiger partial charge in [-0.25, -0.2) is 14.4 Å². The van der Waals surface area contributed by atoms with Crippen molar-refractivity contribution < 1.29 is 29.7 Å². The van der Waals surface area contributed by atoms with Gasteiger partial charge < -0.3 is 15.3 Å². The van der Waals surface area contributed by atoms with Crippen LogP contribution in [0.1, 0.15) is 10.4 Å². The Morgan fingerprint density at radius 2 is 1.44 bits per heavy atom. The fourth-order valence-electron chi connectivity index (χ4n) is 1.14. The largest absolute Gasteiger partial charge is 0.478 e. The zero-order valence-corrected chi connectivity index (χ0v) is 7.82. The van der Waals surface area contributed by atoms with Gasteiger partial charge in [0.15, 0.2) is 0 Å². The van der Waals surface area contributed by atoms with Gasteiger partial charge in [0.2, 0.25) is 0 Å². The molecule has 0 saturated carbocycles. The normalized spacial score (nSPS) is 9.50. The van der Waals surface area contributed by atoms with Gasteiger partial charge in [-0.05, 0) is 12.1 Å². The van der Waals surface area contributed by atoms with Crippen LogP contribution in [0, 0.1) is 0 Å². The molecule has 16 heavy (non-hydrogen) atoms. The van der Waals surface area contributed by atoms with Crippen LogP contribution in [0.3, 0.4) is 0 Å². The van der Waals surface area contributed by atoms with Crippen LogP contribution in [0.15, 0.2) is 24.3 Å². The minimum Gasteiger partial charge on any atom is -0.478 e. The lowest BCUT2D eigenvalue weighted by Gasteiger charge is -2.15. The van der Waals surface area contributed by atoms with Crippen LogP contribution in [0.25, 0.3) is 0 Å². The lowest BCUT2D eigenvalue weighted by atomic mass is 10.1. The maximum atomic E-state index is 10.8. The van der Waals surface area contributed by atoms with E-state index in [0.717, 1.165) is 12.1 Å². The number of amides is 2. The summed E-state index contributed by atoms with van der Waals surface area (Å²) >= 11 is 0. The summed E-state index contributed by atoms with van der Waals surface area (Å²) in [6, 6.07) is 4.94. The number of carbonyl (C=O) groups is 3. The first-order chi connectivity index (χ1) is 7.45. The molecule has 0 heterocycles. The summed E-state index contributed by atoms with van der Waals surface area (Å²) in [7, 11) is 0. The third-order valence-corrected chi connectivity index (χ3v) is 1.76. The molecular weight excluding hydrogens is 218 g/mol. The second kappa shape index (κ2) is 4.30. The Hall–Kier alpha value is -2.57. The number of aromatic carboxylic acids is 1. The lowest BCUT2D eigenvalue weighted by molar-refractivity contribution is 0.0698. The van der Waals surface area contributed by atoms with Crippen LogP contribution in [-0.2, 0) is 0 Å². The highest BCUT2D eigenvalue weighted by Gasteiger charge is 2.26. The SMILES string of the molecule is O=C(O)c1ccccc1N(C(=O)O)C(=O)O. The predicted molar refractivity (Wildman–Crippen MR) is 51.9 cm³/mol. The van der Waals surface area contributed by atoms with Crippen molar-refractivity contribution in [3.63, 3.8) is 0 Å². The monoisotopic (exact) mass is 225 g/mol. The highest BCUT2D eigenvalue weighted by atomic mass is 16.4. The first-order valence-corrected chi connectivity index (χ1v) is 4.03. The molecule has 2 amide bonds. The summed E-state index contributed by atoms with van der Waals surface area (Å²) in [5, 5.41) is 26.1. The molecule has 3 N–H and O–H groups in total. The second-order valence-electron chi connectivity index (χ2n) is 2.72. The summed E-state index contributed by atoms with van der Waals surface area (Å²) in [5.41, 5.74) is -0.803. The van der Waals surface area contributed by atoms with Gasteiger partial charge in [-0.2, -0.15) is 4.90 Å². The maximum absolute atomic E-state index is 10.8. The Morgan fingerprint density at radius 3 is 1.88 bits per heavy atom. The van der Waals surface area contributed by atoms with Gasteiger partial charge >= 0.3 is 18.2 Å².